The Morgan fingerprint density at radius 3 is 2.75 bits per heavy atom. The van der Waals surface area contributed by atoms with Crippen LogP contribution >= 0.6 is 15.9 Å². The van der Waals surface area contributed by atoms with Crippen LogP contribution in [0.3, 0.4) is 0 Å². The van der Waals surface area contributed by atoms with Crippen molar-refractivity contribution in [1.82, 2.24) is 0 Å². The van der Waals surface area contributed by atoms with Crippen LogP contribution in [0.4, 0.5) is 4.39 Å². The molecule has 0 saturated heterocycles. The van der Waals surface area contributed by atoms with Crippen LogP contribution in [-0.4, -0.2) is 11.7 Å². The zero-order valence-corrected chi connectivity index (χ0v) is 8.06. The zero-order chi connectivity index (χ0) is 9.14. The first-order valence-electron chi connectivity index (χ1n) is 3.46. The average Bonchev–Trinajstić information content (AvgIpc) is 1.96. The smallest absolute Gasteiger partial charge is 0.169 e. The molecule has 0 saturated carbocycles. The van der Waals surface area contributed by atoms with E-state index < -0.39 is 5.82 Å². The number of phenolic OH excluding ortho intramolecular Hbond substituents is 1. The maximum atomic E-state index is 13.0. The van der Waals surface area contributed by atoms with Crippen molar-refractivity contribution in [2.45, 2.75) is 6.92 Å². The van der Waals surface area contributed by atoms with Gasteiger partial charge in [0.15, 0.2) is 11.6 Å². The lowest BCUT2D eigenvalue weighted by Crippen LogP contribution is -1.95. The summed E-state index contributed by atoms with van der Waals surface area (Å²) >= 11 is 3.07. The Morgan fingerprint density at radius 2 is 2.25 bits per heavy atom. The van der Waals surface area contributed by atoms with Crippen LogP contribution in [0, 0.1) is 5.82 Å². The highest BCUT2D eigenvalue weighted by molar-refractivity contribution is 9.10. The fraction of sp³-hybridized carbons (Fsp3) is 0.250. The highest BCUT2D eigenvalue weighted by Gasteiger charge is 2.09. The second-order valence-corrected chi connectivity index (χ2v) is 3.03. The molecule has 0 bridgehead atoms. The Kier molecular flexibility index (Phi) is 2.92. The van der Waals surface area contributed by atoms with E-state index in [1.807, 2.05) is 0 Å². The molecule has 0 atom stereocenters. The van der Waals surface area contributed by atoms with Crippen molar-refractivity contribution in [3.8, 4) is 11.5 Å². The van der Waals surface area contributed by atoms with Crippen LogP contribution in [-0.2, 0) is 0 Å². The fourth-order valence-electron chi connectivity index (χ4n) is 0.829. The standard InChI is InChI=1S/C8H8BrFO2/c1-2-12-8-6(9)3-5(11)4-7(8)10/h3-4,11H,2H2,1H3. The molecule has 0 aliphatic rings. The molecule has 0 aliphatic carbocycles. The summed E-state index contributed by atoms with van der Waals surface area (Å²) in [6.07, 6.45) is 0. The first-order chi connectivity index (χ1) is 5.65. The first kappa shape index (κ1) is 9.32. The van der Waals surface area contributed by atoms with Crippen molar-refractivity contribution >= 4 is 15.9 Å². The van der Waals surface area contributed by atoms with Gasteiger partial charge in [0.2, 0.25) is 0 Å². The average molecular weight is 235 g/mol. The van der Waals surface area contributed by atoms with Crippen LogP contribution in [0.5, 0.6) is 11.5 Å². The molecule has 0 fully saturated rings. The van der Waals surface area contributed by atoms with Crippen LogP contribution < -0.4 is 4.74 Å². The number of hydrogen-bond acceptors (Lipinski definition) is 2. The van der Waals surface area contributed by atoms with Gasteiger partial charge < -0.3 is 9.84 Å². The van der Waals surface area contributed by atoms with Gasteiger partial charge in [-0.15, -0.1) is 0 Å². The number of rotatable bonds is 2. The van der Waals surface area contributed by atoms with Crippen molar-refractivity contribution in [2.24, 2.45) is 0 Å². The summed E-state index contributed by atoms with van der Waals surface area (Å²) in [6.45, 7) is 2.15. The van der Waals surface area contributed by atoms with E-state index in [1.54, 1.807) is 6.92 Å². The van der Waals surface area contributed by atoms with Gasteiger partial charge in [-0.2, -0.15) is 0 Å². The summed E-state index contributed by atoms with van der Waals surface area (Å²) in [6, 6.07) is 2.39. The van der Waals surface area contributed by atoms with Gasteiger partial charge >= 0.3 is 0 Å². The van der Waals surface area contributed by atoms with E-state index in [2.05, 4.69) is 15.9 Å². The lowest BCUT2D eigenvalue weighted by Gasteiger charge is -2.06. The molecule has 2 nitrogen and oxygen atoms in total. The van der Waals surface area contributed by atoms with Gasteiger partial charge in [-0.3, -0.25) is 0 Å². The summed E-state index contributed by atoms with van der Waals surface area (Å²) in [5.74, 6) is -0.554. The van der Waals surface area contributed by atoms with E-state index in [1.165, 1.54) is 6.07 Å². The summed E-state index contributed by atoms with van der Waals surface area (Å²) < 4.78 is 18.4. The van der Waals surface area contributed by atoms with Crippen molar-refractivity contribution in [3.63, 3.8) is 0 Å². The van der Waals surface area contributed by atoms with E-state index in [-0.39, 0.29) is 11.5 Å². The predicted octanol–water partition coefficient (Wildman–Crippen LogP) is 2.69. The minimum absolute atomic E-state index is 0.122. The largest absolute Gasteiger partial charge is 0.508 e. The molecule has 0 unspecified atom stereocenters. The molecule has 0 amide bonds. The molecule has 0 aromatic heterocycles. The molecule has 66 valence electrons. The Hall–Kier alpha value is -0.770. The van der Waals surface area contributed by atoms with Gasteiger partial charge in [-0.25, -0.2) is 4.39 Å². The topological polar surface area (TPSA) is 29.5 Å². The SMILES string of the molecule is CCOc1c(F)cc(O)cc1Br. The Labute approximate surface area is 78.1 Å². The molecule has 0 heterocycles. The van der Waals surface area contributed by atoms with Gasteiger partial charge in [0.25, 0.3) is 0 Å². The number of phenols is 1. The van der Waals surface area contributed by atoms with E-state index in [4.69, 9.17) is 9.84 Å². The van der Waals surface area contributed by atoms with Crippen molar-refractivity contribution in [2.75, 3.05) is 6.61 Å². The highest BCUT2D eigenvalue weighted by Crippen LogP contribution is 2.31. The second kappa shape index (κ2) is 3.76. The number of halogens is 2. The molecule has 4 heteroatoms. The Morgan fingerprint density at radius 1 is 1.58 bits per heavy atom. The molecule has 0 aliphatic heterocycles. The normalized spacial score (nSPS) is 9.92. The minimum atomic E-state index is -0.566. The maximum Gasteiger partial charge on any atom is 0.169 e. The third kappa shape index (κ3) is 1.88. The Bertz CT molecular complexity index is 265. The summed E-state index contributed by atoms with van der Waals surface area (Å²) in [4.78, 5) is 0. The van der Waals surface area contributed by atoms with Gasteiger partial charge in [0.1, 0.15) is 5.75 Å². The quantitative estimate of drug-likeness (QED) is 0.853. The second-order valence-electron chi connectivity index (χ2n) is 2.17. The molecule has 1 aromatic rings. The molecule has 0 radical (unpaired) electrons. The molecule has 1 N–H and O–H groups in total. The van der Waals surface area contributed by atoms with Gasteiger partial charge in [-0.1, -0.05) is 0 Å². The van der Waals surface area contributed by atoms with Crippen molar-refractivity contribution in [1.29, 1.82) is 0 Å². The highest BCUT2D eigenvalue weighted by atomic mass is 79.9. The zero-order valence-electron chi connectivity index (χ0n) is 6.47. The van der Waals surface area contributed by atoms with Gasteiger partial charge in [-0.05, 0) is 28.9 Å². The fourth-order valence-corrected chi connectivity index (χ4v) is 1.37. The van der Waals surface area contributed by atoms with Crippen LogP contribution in [0.25, 0.3) is 0 Å². The van der Waals surface area contributed by atoms with E-state index in [0.29, 0.717) is 11.1 Å². The molecule has 0 spiro atoms. The summed E-state index contributed by atoms with van der Waals surface area (Å²) in [7, 11) is 0. The van der Waals surface area contributed by atoms with Gasteiger partial charge in [0, 0.05) is 6.07 Å². The molecule has 1 aromatic carbocycles. The van der Waals surface area contributed by atoms with Gasteiger partial charge in [0.05, 0.1) is 11.1 Å². The van der Waals surface area contributed by atoms with E-state index >= 15 is 0 Å². The maximum absolute atomic E-state index is 13.0. The minimum Gasteiger partial charge on any atom is -0.508 e. The lowest BCUT2D eigenvalue weighted by molar-refractivity contribution is 0.317. The lowest BCUT2D eigenvalue weighted by atomic mass is 10.3. The number of hydrogen-bond donors (Lipinski definition) is 1. The predicted molar refractivity (Wildman–Crippen MR) is 46.9 cm³/mol. The third-order valence-corrected chi connectivity index (χ3v) is 1.86. The molecular weight excluding hydrogens is 227 g/mol. The number of ether oxygens (including phenoxy) is 1. The molecule has 12 heavy (non-hydrogen) atoms. The summed E-state index contributed by atoms with van der Waals surface area (Å²) in [5, 5.41) is 8.96. The number of aromatic hydroxyl groups is 1. The number of benzene rings is 1. The molecular formula is C8H8BrFO2. The third-order valence-electron chi connectivity index (χ3n) is 1.27. The Balaban J connectivity index is 3.10. The van der Waals surface area contributed by atoms with Crippen molar-refractivity contribution in [3.05, 3.63) is 22.4 Å². The van der Waals surface area contributed by atoms with Crippen LogP contribution in [0.2, 0.25) is 0 Å². The van der Waals surface area contributed by atoms with E-state index in [0.717, 1.165) is 6.07 Å². The van der Waals surface area contributed by atoms with Crippen LogP contribution in [0.15, 0.2) is 16.6 Å². The summed E-state index contributed by atoms with van der Waals surface area (Å²) in [5.41, 5.74) is 0. The first-order valence-corrected chi connectivity index (χ1v) is 4.25. The van der Waals surface area contributed by atoms with Crippen molar-refractivity contribution < 1.29 is 14.2 Å². The van der Waals surface area contributed by atoms with E-state index in [9.17, 15) is 4.39 Å². The van der Waals surface area contributed by atoms with Crippen LogP contribution in [0.1, 0.15) is 6.92 Å². The molecule has 1 rings (SSSR count). The monoisotopic (exact) mass is 234 g/mol.